The van der Waals surface area contributed by atoms with Crippen LogP contribution in [-0.2, 0) is 11.3 Å². The summed E-state index contributed by atoms with van der Waals surface area (Å²) in [4.78, 5) is 15.9. The number of phenolic OH excluding ortho intramolecular Hbond substituents is 1. The van der Waals surface area contributed by atoms with Gasteiger partial charge in [0, 0.05) is 26.8 Å². The third-order valence-electron chi connectivity index (χ3n) is 3.86. The highest BCUT2D eigenvalue weighted by atomic mass is 79.9. The smallest absolute Gasteiger partial charge is 0.237 e. The van der Waals surface area contributed by atoms with Crippen molar-refractivity contribution in [3.8, 4) is 27.6 Å². The second-order valence-corrected chi connectivity index (χ2v) is 7.31. The number of nitrogens with two attached hydrogens (primary N) is 1. The van der Waals surface area contributed by atoms with Gasteiger partial charge in [0.25, 0.3) is 0 Å². The normalized spacial score (nSPS) is 11.0. The molecule has 0 aliphatic heterocycles. The van der Waals surface area contributed by atoms with E-state index in [1.54, 1.807) is 6.07 Å². The number of aromatic nitrogens is 2. The van der Waals surface area contributed by atoms with Crippen molar-refractivity contribution in [3.63, 3.8) is 0 Å². The number of halogens is 1. The topological polar surface area (TPSA) is 81.1 Å². The van der Waals surface area contributed by atoms with E-state index >= 15 is 0 Å². The number of rotatable bonds is 4. The summed E-state index contributed by atoms with van der Waals surface area (Å²) in [6.45, 7) is 4.04. The van der Waals surface area contributed by atoms with E-state index in [1.165, 1.54) is 11.3 Å². The van der Waals surface area contributed by atoms with Gasteiger partial charge >= 0.3 is 0 Å². The van der Waals surface area contributed by atoms with Crippen LogP contribution in [0.4, 0.5) is 0 Å². The van der Waals surface area contributed by atoms with Crippen molar-refractivity contribution < 1.29 is 9.90 Å². The molecular formula is C17H16BrN3O2S. The van der Waals surface area contributed by atoms with Crippen molar-refractivity contribution in [2.45, 2.75) is 20.4 Å². The largest absolute Gasteiger partial charge is 0.507 e. The monoisotopic (exact) mass is 405 g/mol. The van der Waals surface area contributed by atoms with Crippen molar-refractivity contribution in [3.05, 3.63) is 45.5 Å². The molecular weight excluding hydrogens is 390 g/mol. The summed E-state index contributed by atoms with van der Waals surface area (Å²) in [6, 6.07) is 7.35. The summed E-state index contributed by atoms with van der Waals surface area (Å²) in [5.74, 6) is -0.188. The van der Waals surface area contributed by atoms with E-state index in [4.69, 9.17) is 5.73 Å². The minimum atomic E-state index is -0.373. The van der Waals surface area contributed by atoms with Gasteiger partial charge in [0.2, 0.25) is 5.91 Å². The molecule has 0 fully saturated rings. The molecule has 3 aromatic rings. The molecule has 0 aliphatic carbocycles. The maximum Gasteiger partial charge on any atom is 0.237 e. The van der Waals surface area contributed by atoms with Gasteiger partial charge in [-0.1, -0.05) is 15.9 Å². The quantitative estimate of drug-likeness (QED) is 0.691. The molecule has 0 aliphatic rings. The fourth-order valence-corrected chi connectivity index (χ4v) is 3.87. The van der Waals surface area contributed by atoms with Crippen LogP contribution in [0.2, 0.25) is 0 Å². The summed E-state index contributed by atoms with van der Waals surface area (Å²) in [5.41, 5.74) is 9.70. The van der Waals surface area contributed by atoms with Crippen LogP contribution in [0.3, 0.4) is 0 Å². The SMILES string of the molecule is Cc1cc(-c2csc(-c3ccc(Br)cc3O)n2)c(C)n1CC(N)=O. The molecule has 2 aromatic heterocycles. The number of aryl methyl sites for hydroxylation is 1. The summed E-state index contributed by atoms with van der Waals surface area (Å²) >= 11 is 4.80. The number of carbonyl (C=O) groups is 1. The van der Waals surface area contributed by atoms with E-state index in [0.29, 0.717) is 5.56 Å². The molecule has 0 saturated heterocycles. The molecule has 0 saturated carbocycles. The van der Waals surface area contributed by atoms with Gasteiger partial charge < -0.3 is 15.4 Å². The lowest BCUT2D eigenvalue weighted by atomic mass is 10.2. The van der Waals surface area contributed by atoms with E-state index in [9.17, 15) is 9.90 Å². The standard InChI is InChI=1S/C17H16BrN3O2S/c1-9-5-13(10(2)21(9)7-16(19)23)14-8-24-17(20-14)12-4-3-11(18)6-15(12)22/h3-6,8,22H,7H2,1-2H3,(H2,19,23). The number of thiazole rings is 1. The van der Waals surface area contributed by atoms with Crippen LogP contribution in [0.15, 0.2) is 34.1 Å². The third kappa shape index (κ3) is 3.09. The second kappa shape index (κ2) is 6.41. The Hall–Kier alpha value is -2.12. The molecule has 3 rings (SSSR count). The second-order valence-electron chi connectivity index (χ2n) is 5.54. The van der Waals surface area contributed by atoms with Crippen molar-refractivity contribution >= 4 is 33.2 Å². The van der Waals surface area contributed by atoms with E-state index in [0.717, 1.165) is 32.1 Å². The van der Waals surface area contributed by atoms with Crippen LogP contribution >= 0.6 is 27.3 Å². The molecule has 0 radical (unpaired) electrons. The number of primary amides is 1. The lowest BCUT2D eigenvalue weighted by Gasteiger charge is -2.06. The van der Waals surface area contributed by atoms with Crippen LogP contribution in [-0.4, -0.2) is 20.6 Å². The number of hydrogen-bond acceptors (Lipinski definition) is 4. The molecule has 1 amide bonds. The molecule has 3 N–H and O–H groups in total. The van der Waals surface area contributed by atoms with Crippen molar-refractivity contribution in [2.75, 3.05) is 0 Å². The third-order valence-corrected chi connectivity index (χ3v) is 5.23. The number of nitrogens with zero attached hydrogens (tertiary/aromatic N) is 2. The summed E-state index contributed by atoms with van der Waals surface area (Å²) in [7, 11) is 0. The Balaban J connectivity index is 2.01. The summed E-state index contributed by atoms with van der Waals surface area (Å²) < 4.78 is 2.70. The molecule has 0 spiro atoms. The van der Waals surface area contributed by atoms with Crippen molar-refractivity contribution in [1.29, 1.82) is 0 Å². The highest BCUT2D eigenvalue weighted by Crippen LogP contribution is 2.36. The van der Waals surface area contributed by atoms with E-state index in [2.05, 4.69) is 20.9 Å². The maximum atomic E-state index is 11.2. The van der Waals surface area contributed by atoms with Gasteiger partial charge in [-0.3, -0.25) is 4.79 Å². The molecule has 1 aromatic carbocycles. The fraction of sp³-hybridized carbons (Fsp3) is 0.176. The minimum Gasteiger partial charge on any atom is -0.507 e. The first-order valence-electron chi connectivity index (χ1n) is 7.26. The Morgan fingerprint density at radius 3 is 2.75 bits per heavy atom. The predicted molar refractivity (Wildman–Crippen MR) is 99.0 cm³/mol. The Morgan fingerprint density at radius 2 is 2.08 bits per heavy atom. The average molecular weight is 406 g/mol. The van der Waals surface area contributed by atoms with Gasteiger partial charge in [-0.25, -0.2) is 4.98 Å². The van der Waals surface area contributed by atoms with E-state index in [1.807, 2.05) is 42.0 Å². The first kappa shape index (κ1) is 16.7. The van der Waals surface area contributed by atoms with Crippen LogP contribution in [0, 0.1) is 13.8 Å². The van der Waals surface area contributed by atoms with Crippen LogP contribution < -0.4 is 5.73 Å². The lowest BCUT2D eigenvalue weighted by molar-refractivity contribution is -0.118. The zero-order chi connectivity index (χ0) is 17.4. The molecule has 2 heterocycles. The van der Waals surface area contributed by atoms with Gasteiger partial charge in [0.05, 0.1) is 11.3 Å². The number of aromatic hydroxyl groups is 1. The summed E-state index contributed by atoms with van der Waals surface area (Å²) in [5, 5.41) is 12.8. The van der Waals surface area contributed by atoms with E-state index in [-0.39, 0.29) is 18.2 Å². The molecule has 0 bridgehead atoms. The first-order valence-corrected chi connectivity index (χ1v) is 8.94. The maximum absolute atomic E-state index is 11.2. The number of carbonyl (C=O) groups excluding carboxylic acids is 1. The fourth-order valence-electron chi connectivity index (χ4n) is 2.67. The number of phenols is 1. The van der Waals surface area contributed by atoms with Crippen LogP contribution in [0.1, 0.15) is 11.4 Å². The Bertz CT molecular complexity index is 930. The zero-order valence-corrected chi connectivity index (χ0v) is 15.6. The molecule has 5 nitrogen and oxygen atoms in total. The Kier molecular flexibility index (Phi) is 4.47. The Labute approximate surface area is 151 Å². The van der Waals surface area contributed by atoms with Gasteiger partial charge in [-0.05, 0) is 38.1 Å². The Morgan fingerprint density at radius 1 is 1.33 bits per heavy atom. The van der Waals surface area contributed by atoms with Crippen molar-refractivity contribution in [2.24, 2.45) is 5.73 Å². The van der Waals surface area contributed by atoms with Gasteiger partial charge in [-0.15, -0.1) is 11.3 Å². The van der Waals surface area contributed by atoms with Gasteiger partial charge in [-0.2, -0.15) is 0 Å². The minimum absolute atomic E-state index is 0.155. The van der Waals surface area contributed by atoms with Crippen molar-refractivity contribution in [1.82, 2.24) is 9.55 Å². The van der Waals surface area contributed by atoms with Gasteiger partial charge in [0.15, 0.2) is 0 Å². The van der Waals surface area contributed by atoms with Gasteiger partial charge in [0.1, 0.15) is 17.3 Å². The van der Waals surface area contributed by atoms with Crippen LogP contribution in [0.5, 0.6) is 5.75 Å². The molecule has 0 unspecified atom stereocenters. The highest BCUT2D eigenvalue weighted by Gasteiger charge is 2.16. The first-order chi connectivity index (χ1) is 11.4. The summed E-state index contributed by atoms with van der Waals surface area (Å²) in [6.07, 6.45) is 0. The van der Waals surface area contributed by atoms with Crippen LogP contribution in [0.25, 0.3) is 21.8 Å². The lowest BCUT2D eigenvalue weighted by Crippen LogP contribution is -2.20. The molecule has 7 heteroatoms. The van der Waals surface area contributed by atoms with E-state index < -0.39 is 0 Å². The number of benzene rings is 1. The molecule has 24 heavy (non-hydrogen) atoms. The molecule has 0 atom stereocenters. The average Bonchev–Trinajstić information content (AvgIpc) is 3.07. The highest BCUT2D eigenvalue weighted by molar-refractivity contribution is 9.10. The number of amides is 1. The molecule has 124 valence electrons. The predicted octanol–water partition coefficient (Wildman–Crippen LogP) is 3.85. The zero-order valence-electron chi connectivity index (χ0n) is 13.2. The number of hydrogen-bond donors (Lipinski definition) is 2.